The summed E-state index contributed by atoms with van der Waals surface area (Å²) in [7, 11) is 1.70. The van der Waals surface area contributed by atoms with E-state index >= 15 is 0 Å². The van der Waals surface area contributed by atoms with E-state index in [1.807, 2.05) is 18.2 Å². The summed E-state index contributed by atoms with van der Waals surface area (Å²) in [6, 6.07) is 12.6. The topological polar surface area (TPSA) is 34.5 Å². The number of methoxy groups -OCH3 is 1. The zero-order chi connectivity index (χ0) is 21.1. The number of aromatic nitrogens is 1. The standard InChI is InChI=1S/C25H30N2O2S/c1-24(2)12-19-13-25(3,15-24)16-27(19)22(28)20-11-17-9-10-30-23(17)26(20)14-18-7-5-6-8-21(18)29-4/h5-11,19H,12-16H2,1-4H3. The molecule has 2 aromatic heterocycles. The lowest BCUT2D eigenvalue weighted by atomic mass is 9.65. The average Bonchev–Trinajstić information content (AvgIpc) is 3.33. The maximum atomic E-state index is 13.9. The van der Waals surface area contributed by atoms with Crippen molar-refractivity contribution in [2.75, 3.05) is 13.7 Å². The number of rotatable bonds is 4. The van der Waals surface area contributed by atoms with Crippen LogP contribution in [0.4, 0.5) is 0 Å². The molecular weight excluding hydrogens is 392 g/mol. The molecule has 3 aromatic rings. The van der Waals surface area contributed by atoms with Crippen LogP contribution in [0.3, 0.4) is 0 Å². The van der Waals surface area contributed by atoms with Crippen LogP contribution in [0.25, 0.3) is 10.2 Å². The Hall–Kier alpha value is -2.27. The molecule has 1 aliphatic heterocycles. The van der Waals surface area contributed by atoms with Crippen LogP contribution < -0.4 is 4.74 Å². The molecule has 2 fully saturated rings. The molecule has 1 saturated carbocycles. The number of benzene rings is 1. The molecule has 0 spiro atoms. The van der Waals surface area contributed by atoms with E-state index in [-0.39, 0.29) is 11.3 Å². The SMILES string of the molecule is COc1ccccc1Cn1c(C(=O)N2CC3(C)CC2CC(C)(C)C3)cc2ccsc21. The Balaban J connectivity index is 1.53. The first-order valence-corrected chi connectivity index (χ1v) is 11.7. The summed E-state index contributed by atoms with van der Waals surface area (Å²) >= 11 is 1.70. The second-order valence-electron chi connectivity index (χ2n) is 10.3. The molecule has 1 aromatic carbocycles. The number of nitrogens with zero attached hydrogens (tertiary/aromatic N) is 2. The molecule has 5 heteroatoms. The summed E-state index contributed by atoms with van der Waals surface area (Å²) in [5.41, 5.74) is 2.43. The number of hydrogen-bond acceptors (Lipinski definition) is 3. The van der Waals surface area contributed by atoms with Crippen molar-refractivity contribution in [3.05, 3.63) is 53.0 Å². The second kappa shape index (κ2) is 6.88. The smallest absolute Gasteiger partial charge is 0.270 e. The van der Waals surface area contributed by atoms with Crippen LogP contribution >= 0.6 is 11.3 Å². The van der Waals surface area contributed by atoms with Crippen molar-refractivity contribution in [2.24, 2.45) is 10.8 Å². The van der Waals surface area contributed by atoms with E-state index in [0.29, 0.717) is 18.0 Å². The Kier molecular flexibility index (Phi) is 4.51. The molecule has 158 valence electrons. The molecular formula is C25H30N2O2S. The van der Waals surface area contributed by atoms with Crippen molar-refractivity contribution in [2.45, 2.75) is 52.6 Å². The monoisotopic (exact) mass is 422 g/mol. The average molecular weight is 423 g/mol. The van der Waals surface area contributed by atoms with Gasteiger partial charge in [-0.3, -0.25) is 4.79 Å². The lowest BCUT2D eigenvalue weighted by Gasteiger charge is -2.39. The number of likely N-dealkylation sites (tertiary alicyclic amines) is 1. The molecule has 0 N–H and O–H groups in total. The first kappa shape index (κ1) is 19.7. The van der Waals surface area contributed by atoms with Crippen LogP contribution in [0.1, 0.15) is 56.1 Å². The van der Waals surface area contributed by atoms with Crippen molar-refractivity contribution >= 4 is 27.5 Å². The summed E-state index contributed by atoms with van der Waals surface area (Å²) in [6.45, 7) is 8.57. The van der Waals surface area contributed by atoms with E-state index in [2.05, 4.69) is 53.8 Å². The lowest BCUT2D eigenvalue weighted by molar-refractivity contribution is 0.0698. The van der Waals surface area contributed by atoms with Gasteiger partial charge in [-0.2, -0.15) is 0 Å². The number of fused-ring (bicyclic) bond motifs is 3. The minimum atomic E-state index is 0.180. The van der Waals surface area contributed by atoms with Crippen LogP contribution in [0, 0.1) is 10.8 Å². The maximum absolute atomic E-state index is 13.9. The number of para-hydroxylation sites is 1. The summed E-state index contributed by atoms with van der Waals surface area (Å²) < 4.78 is 7.77. The quantitative estimate of drug-likeness (QED) is 0.532. The Bertz CT molecular complexity index is 1110. The molecule has 2 bridgehead atoms. The number of hydrogen-bond donors (Lipinski definition) is 0. The zero-order valence-corrected chi connectivity index (χ0v) is 19.1. The second-order valence-corrected chi connectivity index (χ2v) is 11.2. The Morgan fingerprint density at radius 1 is 1.20 bits per heavy atom. The first-order chi connectivity index (χ1) is 14.3. The number of carbonyl (C=O) groups excluding carboxylic acids is 1. The van der Waals surface area contributed by atoms with Gasteiger partial charge in [-0.25, -0.2) is 0 Å². The minimum Gasteiger partial charge on any atom is -0.496 e. The van der Waals surface area contributed by atoms with Gasteiger partial charge in [-0.05, 0) is 53.7 Å². The van der Waals surface area contributed by atoms with E-state index in [9.17, 15) is 4.79 Å². The Labute approximate surface area is 182 Å². The van der Waals surface area contributed by atoms with Crippen LogP contribution in [-0.4, -0.2) is 35.1 Å². The fourth-order valence-corrected chi connectivity index (χ4v) is 7.05. The van der Waals surface area contributed by atoms with Gasteiger partial charge in [0.25, 0.3) is 5.91 Å². The van der Waals surface area contributed by atoms with E-state index in [4.69, 9.17) is 4.74 Å². The lowest BCUT2D eigenvalue weighted by Crippen LogP contribution is -2.38. The molecule has 2 aliphatic rings. The summed E-state index contributed by atoms with van der Waals surface area (Å²) in [5.74, 6) is 1.04. The summed E-state index contributed by atoms with van der Waals surface area (Å²) in [6.07, 6.45) is 3.41. The van der Waals surface area contributed by atoms with Crippen LogP contribution in [0.5, 0.6) is 5.75 Å². The highest BCUT2D eigenvalue weighted by atomic mass is 32.1. The van der Waals surface area contributed by atoms with Gasteiger partial charge in [0.15, 0.2) is 0 Å². The predicted molar refractivity (Wildman–Crippen MR) is 122 cm³/mol. The highest BCUT2D eigenvalue weighted by Crippen LogP contribution is 2.52. The van der Waals surface area contributed by atoms with Gasteiger partial charge in [0.2, 0.25) is 0 Å². The summed E-state index contributed by atoms with van der Waals surface area (Å²) in [4.78, 5) is 17.2. The number of amides is 1. The fourth-order valence-electron chi connectivity index (χ4n) is 6.16. The van der Waals surface area contributed by atoms with Crippen molar-refractivity contribution in [3.8, 4) is 5.75 Å². The molecule has 2 unspecified atom stereocenters. The van der Waals surface area contributed by atoms with E-state index < -0.39 is 0 Å². The number of carbonyl (C=O) groups is 1. The largest absolute Gasteiger partial charge is 0.496 e. The van der Waals surface area contributed by atoms with Gasteiger partial charge in [-0.1, -0.05) is 39.0 Å². The third-order valence-corrected chi connectivity index (χ3v) is 7.87. The molecule has 5 rings (SSSR count). The van der Waals surface area contributed by atoms with Gasteiger partial charge in [0, 0.05) is 23.5 Å². The highest BCUT2D eigenvalue weighted by Gasteiger charge is 2.51. The zero-order valence-electron chi connectivity index (χ0n) is 18.3. The van der Waals surface area contributed by atoms with E-state index in [1.165, 1.54) is 6.42 Å². The number of ether oxygens (including phenoxy) is 1. The van der Waals surface area contributed by atoms with Crippen LogP contribution in [0.2, 0.25) is 0 Å². The molecule has 3 heterocycles. The molecule has 0 radical (unpaired) electrons. The van der Waals surface area contributed by atoms with Gasteiger partial charge < -0.3 is 14.2 Å². The van der Waals surface area contributed by atoms with E-state index in [0.717, 1.165) is 46.6 Å². The molecule has 30 heavy (non-hydrogen) atoms. The molecule has 4 nitrogen and oxygen atoms in total. The van der Waals surface area contributed by atoms with Gasteiger partial charge in [0.1, 0.15) is 16.3 Å². The third kappa shape index (κ3) is 3.24. The molecule has 1 aliphatic carbocycles. The molecule has 2 atom stereocenters. The Morgan fingerprint density at radius 3 is 2.80 bits per heavy atom. The van der Waals surface area contributed by atoms with Crippen molar-refractivity contribution in [1.82, 2.24) is 9.47 Å². The molecule has 1 amide bonds. The first-order valence-electron chi connectivity index (χ1n) is 10.8. The normalized spacial score (nSPS) is 25.1. The maximum Gasteiger partial charge on any atom is 0.270 e. The van der Waals surface area contributed by atoms with Crippen LogP contribution in [0.15, 0.2) is 41.8 Å². The van der Waals surface area contributed by atoms with Gasteiger partial charge in [0.05, 0.1) is 13.7 Å². The van der Waals surface area contributed by atoms with E-state index in [1.54, 1.807) is 18.4 Å². The molecule has 1 saturated heterocycles. The van der Waals surface area contributed by atoms with Crippen molar-refractivity contribution in [3.63, 3.8) is 0 Å². The minimum absolute atomic E-state index is 0.180. The van der Waals surface area contributed by atoms with Gasteiger partial charge >= 0.3 is 0 Å². The predicted octanol–water partition coefficient (Wildman–Crippen LogP) is 5.80. The van der Waals surface area contributed by atoms with Crippen molar-refractivity contribution < 1.29 is 9.53 Å². The number of thiophene rings is 1. The third-order valence-electron chi connectivity index (χ3n) is 6.92. The van der Waals surface area contributed by atoms with Crippen molar-refractivity contribution in [1.29, 1.82) is 0 Å². The fraction of sp³-hybridized carbons (Fsp3) is 0.480. The Morgan fingerprint density at radius 2 is 2.00 bits per heavy atom. The van der Waals surface area contributed by atoms with Gasteiger partial charge in [-0.15, -0.1) is 11.3 Å². The highest BCUT2D eigenvalue weighted by molar-refractivity contribution is 7.16. The van der Waals surface area contributed by atoms with Crippen LogP contribution in [-0.2, 0) is 6.54 Å². The summed E-state index contributed by atoms with van der Waals surface area (Å²) in [5, 5.41) is 3.25.